The maximum atomic E-state index is 12.9. The second-order valence-corrected chi connectivity index (χ2v) is 9.21. The highest BCUT2D eigenvalue weighted by Gasteiger charge is 2.22. The molecule has 7 nitrogen and oxygen atoms in total. The molecule has 0 aliphatic heterocycles. The fourth-order valence-corrected chi connectivity index (χ4v) is 3.91. The largest absolute Gasteiger partial charge is 0.322 e. The Hall–Kier alpha value is -3.32. The van der Waals surface area contributed by atoms with E-state index in [0.717, 1.165) is 28.7 Å². The van der Waals surface area contributed by atoms with Gasteiger partial charge < -0.3 is 4.98 Å². The van der Waals surface area contributed by atoms with Crippen molar-refractivity contribution in [3.63, 3.8) is 0 Å². The van der Waals surface area contributed by atoms with E-state index in [9.17, 15) is 4.79 Å². The summed E-state index contributed by atoms with van der Waals surface area (Å²) in [5.74, 6) is 0.777. The number of nitrogens with one attached hydrogen (secondary N) is 1. The van der Waals surface area contributed by atoms with Crippen molar-refractivity contribution in [1.82, 2.24) is 30.1 Å². The lowest BCUT2D eigenvalue weighted by Crippen LogP contribution is -2.31. The maximum absolute atomic E-state index is 12.9. The monoisotopic (exact) mass is 430 g/mol. The second kappa shape index (κ2) is 9.04. The molecule has 166 valence electrons. The Bertz CT molecular complexity index is 1250. The number of fused-ring (bicyclic) bond motifs is 1. The lowest BCUT2D eigenvalue weighted by molar-refractivity contribution is 0.223. The number of pyridine rings is 1. The molecule has 2 aromatic carbocycles. The lowest BCUT2D eigenvalue weighted by atomic mass is 10.1. The second-order valence-electron chi connectivity index (χ2n) is 9.21. The molecule has 0 saturated carbocycles. The first-order valence-corrected chi connectivity index (χ1v) is 11.0. The molecule has 0 amide bonds. The summed E-state index contributed by atoms with van der Waals surface area (Å²) in [5, 5.41) is 13.4. The Labute approximate surface area is 188 Å². The molecular weight excluding hydrogens is 400 g/mol. The highest BCUT2D eigenvalue weighted by Crippen LogP contribution is 2.19. The van der Waals surface area contributed by atoms with Gasteiger partial charge in [0.25, 0.3) is 5.56 Å². The molecule has 32 heavy (non-hydrogen) atoms. The van der Waals surface area contributed by atoms with Crippen LogP contribution < -0.4 is 5.56 Å². The predicted molar refractivity (Wildman–Crippen MR) is 126 cm³/mol. The quantitative estimate of drug-likeness (QED) is 0.479. The molecule has 0 fully saturated rings. The third kappa shape index (κ3) is 4.94. The van der Waals surface area contributed by atoms with Crippen molar-refractivity contribution in [2.24, 2.45) is 0 Å². The van der Waals surface area contributed by atoms with Crippen molar-refractivity contribution in [1.29, 1.82) is 0 Å². The van der Waals surface area contributed by atoms with Gasteiger partial charge in [0.15, 0.2) is 5.82 Å². The first-order valence-electron chi connectivity index (χ1n) is 11.0. The average Bonchev–Trinajstić information content (AvgIpc) is 3.23. The zero-order valence-electron chi connectivity index (χ0n) is 19.2. The number of aryl methyl sites for hydroxylation is 1. The number of aromatic nitrogens is 5. The summed E-state index contributed by atoms with van der Waals surface area (Å²) in [5.41, 5.74) is 3.73. The normalized spacial score (nSPS) is 12.0. The van der Waals surface area contributed by atoms with Gasteiger partial charge in [0.1, 0.15) is 0 Å². The number of rotatable bonds is 7. The summed E-state index contributed by atoms with van der Waals surface area (Å²) in [7, 11) is 0. The van der Waals surface area contributed by atoms with E-state index in [2.05, 4.69) is 77.4 Å². The Kier molecular flexibility index (Phi) is 6.19. The fourth-order valence-electron chi connectivity index (χ4n) is 3.91. The summed E-state index contributed by atoms with van der Waals surface area (Å²) in [4.78, 5) is 18.1. The predicted octanol–water partition coefficient (Wildman–Crippen LogP) is 4.03. The number of tetrazole rings is 1. The first-order chi connectivity index (χ1) is 15.3. The van der Waals surface area contributed by atoms with Gasteiger partial charge in [-0.25, -0.2) is 4.68 Å². The van der Waals surface area contributed by atoms with Gasteiger partial charge in [-0.1, -0.05) is 43.3 Å². The summed E-state index contributed by atoms with van der Waals surface area (Å²) in [6.45, 7) is 10.1. The Morgan fingerprint density at radius 2 is 1.75 bits per heavy atom. The van der Waals surface area contributed by atoms with Gasteiger partial charge in [0.05, 0.1) is 12.1 Å². The van der Waals surface area contributed by atoms with Crippen LogP contribution in [0.5, 0.6) is 0 Å². The molecule has 0 saturated heterocycles. The van der Waals surface area contributed by atoms with E-state index in [1.165, 1.54) is 11.1 Å². The van der Waals surface area contributed by atoms with Crippen LogP contribution in [0.25, 0.3) is 10.9 Å². The minimum atomic E-state index is -0.228. The number of H-pyrrole nitrogens is 1. The van der Waals surface area contributed by atoms with Crippen LogP contribution in [0.1, 0.15) is 50.2 Å². The van der Waals surface area contributed by atoms with Crippen LogP contribution >= 0.6 is 0 Å². The summed E-state index contributed by atoms with van der Waals surface area (Å²) < 4.78 is 1.85. The molecule has 0 aliphatic rings. The molecule has 1 N–H and O–H groups in total. The third-order valence-electron chi connectivity index (χ3n) is 5.57. The van der Waals surface area contributed by atoms with Gasteiger partial charge in [-0.05, 0) is 72.3 Å². The van der Waals surface area contributed by atoms with Crippen LogP contribution in [0.3, 0.4) is 0 Å². The van der Waals surface area contributed by atoms with Crippen LogP contribution in [-0.2, 0) is 31.6 Å². The van der Waals surface area contributed by atoms with Crippen molar-refractivity contribution in [2.45, 2.75) is 59.3 Å². The minimum absolute atomic E-state index is 0.0600. The number of benzene rings is 2. The molecule has 0 aliphatic carbocycles. The molecule has 0 spiro atoms. The van der Waals surface area contributed by atoms with E-state index in [4.69, 9.17) is 0 Å². The van der Waals surface area contributed by atoms with Gasteiger partial charge in [-0.2, -0.15) is 0 Å². The van der Waals surface area contributed by atoms with E-state index in [-0.39, 0.29) is 11.1 Å². The summed E-state index contributed by atoms with van der Waals surface area (Å²) in [6, 6.07) is 18.5. The van der Waals surface area contributed by atoms with Crippen LogP contribution in [0.4, 0.5) is 0 Å². The Balaban J connectivity index is 1.68. The standard InChI is InChI=1S/C25H30N6O/c1-5-18-11-12-22-20(13-18)14-21(24(32)26-22)16-30(15-19-9-7-6-8-10-19)17-23-27-28-29-31(23)25(2,3)4/h6-14H,5,15-17H2,1-4H3,(H,26,32). The van der Waals surface area contributed by atoms with Crippen molar-refractivity contribution >= 4 is 10.9 Å². The van der Waals surface area contributed by atoms with E-state index in [0.29, 0.717) is 19.6 Å². The molecule has 0 unspecified atom stereocenters. The zero-order valence-corrected chi connectivity index (χ0v) is 19.2. The molecule has 4 aromatic rings. The van der Waals surface area contributed by atoms with E-state index in [1.54, 1.807) is 0 Å². The molecular formula is C25H30N6O. The van der Waals surface area contributed by atoms with E-state index >= 15 is 0 Å². The lowest BCUT2D eigenvalue weighted by Gasteiger charge is -2.25. The van der Waals surface area contributed by atoms with Gasteiger partial charge in [0, 0.05) is 24.2 Å². The Morgan fingerprint density at radius 3 is 2.47 bits per heavy atom. The van der Waals surface area contributed by atoms with Crippen molar-refractivity contribution in [2.75, 3.05) is 0 Å². The molecule has 0 radical (unpaired) electrons. The zero-order chi connectivity index (χ0) is 22.7. The maximum Gasteiger partial charge on any atom is 0.252 e. The van der Waals surface area contributed by atoms with Crippen molar-refractivity contribution < 1.29 is 0 Å². The Morgan fingerprint density at radius 1 is 0.969 bits per heavy atom. The van der Waals surface area contributed by atoms with Crippen LogP contribution in [0, 0.1) is 0 Å². The van der Waals surface area contributed by atoms with E-state index in [1.807, 2.05) is 35.0 Å². The van der Waals surface area contributed by atoms with E-state index < -0.39 is 0 Å². The topological polar surface area (TPSA) is 79.7 Å². The van der Waals surface area contributed by atoms with Crippen molar-refractivity contribution in [3.05, 3.63) is 87.5 Å². The van der Waals surface area contributed by atoms with Crippen LogP contribution in [-0.4, -0.2) is 30.1 Å². The number of aromatic amines is 1. The highest BCUT2D eigenvalue weighted by atomic mass is 16.1. The molecule has 2 aromatic heterocycles. The van der Waals surface area contributed by atoms with Gasteiger partial charge >= 0.3 is 0 Å². The number of nitrogens with zero attached hydrogens (tertiary/aromatic N) is 5. The highest BCUT2D eigenvalue weighted by molar-refractivity contribution is 5.79. The SMILES string of the molecule is CCc1ccc2[nH]c(=O)c(CN(Cc3ccccc3)Cc3nnnn3C(C)(C)C)cc2c1. The minimum Gasteiger partial charge on any atom is -0.322 e. The van der Waals surface area contributed by atoms with Gasteiger partial charge in [-0.15, -0.1) is 5.10 Å². The summed E-state index contributed by atoms with van der Waals surface area (Å²) in [6.07, 6.45) is 0.958. The number of hydrogen-bond donors (Lipinski definition) is 1. The van der Waals surface area contributed by atoms with Crippen LogP contribution in [0.15, 0.2) is 59.4 Å². The number of hydrogen-bond acceptors (Lipinski definition) is 5. The van der Waals surface area contributed by atoms with Crippen molar-refractivity contribution in [3.8, 4) is 0 Å². The van der Waals surface area contributed by atoms with Crippen LogP contribution in [0.2, 0.25) is 0 Å². The molecule has 0 bridgehead atoms. The summed E-state index contributed by atoms with van der Waals surface area (Å²) >= 11 is 0. The van der Waals surface area contributed by atoms with Gasteiger partial charge in [0.2, 0.25) is 0 Å². The fraction of sp³-hybridized carbons (Fsp3) is 0.360. The average molecular weight is 431 g/mol. The molecule has 2 heterocycles. The molecule has 0 atom stereocenters. The molecule has 4 rings (SSSR count). The smallest absolute Gasteiger partial charge is 0.252 e. The first kappa shape index (κ1) is 21.9. The molecule has 7 heteroatoms. The van der Waals surface area contributed by atoms with Gasteiger partial charge in [-0.3, -0.25) is 9.69 Å². The third-order valence-corrected chi connectivity index (χ3v) is 5.57.